The van der Waals surface area contributed by atoms with E-state index in [0.29, 0.717) is 13.1 Å². The van der Waals surface area contributed by atoms with Crippen LogP contribution in [0.5, 0.6) is 5.75 Å². The van der Waals surface area contributed by atoms with E-state index in [2.05, 4.69) is 26.0 Å². The summed E-state index contributed by atoms with van der Waals surface area (Å²) < 4.78 is 40.6. The Morgan fingerprint density at radius 3 is 2.67 bits per heavy atom. The Balaban J connectivity index is 1.85. The number of hydrogen-bond donors (Lipinski definition) is 2. The average Bonchev–Trinajstić information content (AvgIpc) is 2.77. The van der Waals surface area contributed by atoms with Gasteiger partial charge >= 0.3 is 6.36 Å². The van der Waals surface area contributed by atoms with Crippen molar-refractivity contribution in [3.05, 3.63) is 28.2 Å². The Bertz CT molecular complexity index is 482. The number of aliphatic hydroxyl groups excluding tert-OH is 1. The lowest BCUT2D eigenvalue weighted by atomic mass is 10.1. The Morgan fingerprint density at radius 1 is 1.33 bits per heavy atom. The summed E-state index contributed by atoms with van der Waals surface area (Å²) in [5, 5.41) is 12.9. The monoisotopic (exact) mass is 367 g/mol. The van der Waals surface area contributed by atoms with E-state index in [-0.39, 0.29) is 22.2 Å². The molecule has 1 aliphatic carbocycles. The Morgan fingerprint density at radius 2 is 2.10 bits per heavy atom. The summed E-state index contributed by atoms with van der Waals surface area (Å²) in [6.45, 7) is 1.24. The van der Waals surface area contributed by atoms with Gasteiger partial charge in [0.1, 0.15) is 5.75 Å². The summed E-state index contributed by atoms with van der Waals surface area (Å²) in [5.74, 6) is 0.0127. The third kappa shape index (κ3) is 5.16. The van der Waals surface area contributed by atoms with Crippen LogP contribution in [-0.2, 0) is 6.54 Å². The summed E-state index contributed by atoms with van der Waals surface area (Å²) in [6, 6.07) is 4.47. The quantitative estimate of drug-likeness (QED) is 0.835. The third-order valence-corrected chi connectivity index (χ3v) is 4.20. The fourth-order valence-corrected chi connectivity index (χ4v) is 3.03. The van der Waals surface area contributed by atoms with Crippen molar-refractivity contribution in [2.75, 3.05) is 6.54 Å². The minimum atomic E-state index is -4.69. The van der Waals surface area contributed by atoms with Crippen molar-refractivity contribution in [3.8, 4) is 5.75 Å². The highest BCUT2D eigenvalue weighted by Crippen LogP contribution is 2.31. The van der Waals surface area contributed by atoms with Crippen molar-refractivity contribution in [3.63, 3.8) is 0 Å². The molecule has 0 spiro atoms. The van der Waals surface area contributed by atoms with Gasteiger partial charge in [-0.1, -0.05) is 12.5 Å². The molecule has 0 radical (unpaired) electrons. The molecule has 1 aromatic carbocycles. The predicted octanol–water partition coefficient (Wildman–Crippen LogP) is 3.60. The van der Waals surface area contributed by atoms with E-state index in [1.807, 2.05) is 0 Å². The van der Waals surface area contributed by atoms with Gasteiger partial charge in [-0.3, -0.25) is 0 Å². The van der Waals surface area contributed by atoms with Crippen LogP contribution in [0.2, 0.25) is 0 Å². The number of hydrogen-bond acceptors (Lipinski definition) is 3. The molecule has 2 rings (SSSR count). The van der Waals surface area contributed by atoms with Crippen LogP contribution >= 0.6 is 15.9 Å². The van der Waals surface area contributed by atoms with Crippen molar-refractivity contribution in [1.29, 1.82) is 0 Å². The van der Waals surface area contributed by atoms with E-state index in [0.717, 1.165) is 24.8 Å². The maximum absolute atomic E-state index is 12.2. The zero-order valence-electron chi connectivity index (χ0n) is 11.3. The molecule has 7 heteroatoms. The van der Waals surface area contributed by atoms with E-state index in [9.17, 15) is 18.3 Å². The van der Waals surface area contributed by atoms with Gasteiger partial charge < -0.3 is 15.2 Å². The first kappa shape index (κ1) is 16.6. The molecule has 0 aromatic heterocycles. The predicted molar refractivity (Wildman–Crippen MR) is 75.9 cm³/mol. The zero-order valence-corrected chi connectivity index (χ0v) is 12.9. The smallest absolute Gasteiger partial charge is 0.405 e. The first-order valence-corrected chi connectivity index (χ1v) is 7.57. The number of alkyl halides is 3. The van der Waals surface area contributed by atoms with Crippen molar-refractivity contribution >= 4 is 15.9 Å². The van der Waals surface area contributed by atoms with Gasteiger partial charge in [0.25, 0.3) is 0 Å². The van der Waals surface area contributed by atoms with Gasteiger partial charge in [0.2, 0.25) is 0 Å². The lowest BCUT2D eigenvalue weighted by Crippen LogP contribution is -2.27. The number of halogens is 4. The molecule has 0 aliphatic heterocycles. The summed E-state index contributed by atoms with van der Waals surface area (Å²) in [4.78, 5) is 0. The fourth-order valence-electron chi connectivity index (χ4n) is 2.52. The molecule has 1 fully saturated rings. The van der Waals surface area contributed by atoms with Crippen LogP contribution in [0.3, 0.4) is 0 Å². The van der Waals surface area contributed by atoms with E-state index < -0.39 is 6.36 Å². The second kappa shape index (κ2) is 6.98. The molecular formula is C14H17BrF3NO2. The normalized spacial score (nSPS) is 22.5. The maximum atomic E-state index is 12.2. The van der Waals surface area contributed by atoms with Crippen molar-refractivity contribution in [2.45, 2.75) is 38.3 Å². The number of ether oxygens (including phenoxy) is 1. The highest BCUT2D eigenvalue weighted by atomic mass is 79.9. The molecule has 0 bridgehead atoms. The molecule has 0 amide bonds. The zero-order chi connectivity index (χ0) is 15.5. The maximum Gasteiger partial charge on any atom is 0.573 e. The molecule has 0 heterocycles. The first-order chi connectivity index (χ1) is 9.85. The van der Waals surface area contributed by atoms with Gasteiger partial charge in [0, 0.05) is 13.1 Å². The first-order valence-electron chi connectivity index (χ1n) is 6.78. The second-order valence-electron chi connectivity index (χ2n) is 5.20. The highest BCUT2D eigenvalue weighted by Gasteiger charge is 2.32. The van der Waals surface area contributed by atoms with E-state index in [1.165, 1.54) is 6.07 Å². The number of nitrogens with one attached hydrogen (secondary N) is 1. The van der Waals surface area contributed by atoms with Gasteiger partial charge in [0.05, 0.1) is 10.6 Å². The van der Waals surface area contributed by atoms with Crippen LogP contribution in [0.1, 0.15) is 24.8 Å². The van der Waals surface area contributed by atoms with Gasteiger partial charge in [-0.05, 0) is 52.4 Å². The summed E-state index contributed by atoms with van der Waals surface area (Å²) in [7, 11) is 0. The highest BCUT2D eigenvalue weighted by molar-refractivity contribution is 9.10. The fraction of sp³-hybridized carbons (Fsp3) is 0.571. The van der Waals surface area contributed by atoms with Gasteiger partial charge in [-0.2, -0.15) is 0 Å². The minimum Gasteiger partial charge on any atom is -0.405 e. The Hall–Kier alpha value is -0.790. The average molecular weight is 368 g/mol. The minimum absolute atomic E-state index is 0.244. The summed E-state index contributed by atoms with van der Waals surface area (Å²) in [5.41, 5.74) is 0.851. The molecule has 1 aliphatic rings. The summed E-state index contributed by atoms with van der Waals surface area (Å²) >= 11 is 3.07. The number of benzene rings is 1. The van der Waals surface area contributed by atoms with Gasteiger partial charge in [0.15, 0.2) is 0 Å². The molecule has 2 atom stereocenters. The van der Waals surface area contributed by atoms with Crippen LogP contribution in [0.15, 0.2) is 22.7 Å². The largest absolute Gasteiger partial charge is 0.573 e. The topological polar surface area (TPSA) is 41.5 Å². The van der Waals surface area contributed by atoms with Crippen LogP contribution < -0.4 is 10.1 Å². The standard InChI is InChI=1S/C14H17BrF3NO2/c15-11-6-9(4-5-13(11)21-14(16,17)18)7-19-8-10-2-1-3-12(10)20/h4-6,10,12,19-20H,1-3,7-8H2. The molecule has 0 saturated heterocycles. The molecule has 1 saturated carbocycles. The molecule has 1 aromatic rings. The molecule has 2 unspecified atom stereocenters. The lowest BCUT2D eigenvalue weighted by Gasteiger charge is -2.15. The van der Waals surface area contributed by atoms with E-state index in [4.69, 9.17) is 0 Å². The van der Waals surface area contributed by atoms with Crippen molar-refractivity contribution < 1.29 is 23.0 Å². The van der Waals surface area contributed by atoms with Gasteiger partial charge in [-0.25, -0.2) is 0 Å². The van der Waals surface area contributed by atoms with Crippen molar-refractivity contribution in [2.24, 2.45) is 5.92 Å². The van der Waals surface area contributed by atoms with Crippen LogP contribution in [-0.4, -0.2) is 24.1 Å². The molecule has 21 heavy (non-hydrogen) atoms. The van der Waals surface area contributed by atoms with Gasteiger partial charge in [-0.15, -0.1) is 13.2 Å². The SMILES string of the molecule is OC1CCCC1CNCc1ccc(OC(F)(F)F)c(Br)c1. The third-order valence-electron chi connectivity index (χ3n) is 3.58. The van der Waals surface area contributed by atoms with Crippen molar-refractivity contribution in [1.82, 2.24) is 5.32 Å². The molecular weight excluding hydrogens is 351 g/mol. The van der Waals surface area contributed by atoms with Crippen LogP contribution in [0.25, 0.3) is 0 Å². The second-order valence-corrected chi connectivity index (χ2v) is 6.06. The molecule has 118 valence electrons. The van der Waals surface area contributed by atoms with Crippen LogP contribution in [0.4, 0.5) is 13.2 Å². The van der Waals surface area contributed by atoms with Crippen LogP contribution in [0, 0.1) is 5.92 Å². The summed E-state index contributed by atoms with van der Waals surface area (Å²) in [6.07, 6.45) is -2.03. The molecule has 2 N–H and O–H groups in total. The number of rotatable bonds is 5. The van der Waals surface area contributed by atoms with E-state index >= 15 is 0 Å². The lowest BCUT2D eigenvalue weighted by molar-refractivity contribution is -0.274. The molecule has 3 nitrogen and oxygen atoms in total. The number of aliphatic hydroxyl groups is 1. The Labute approximate surface area is 129 Å². The van der Waals surface area contributed by atoms with E-state index in [1.54, 1.807) is 12.1 Å². The Kier molecular flexibility index (Phi) is 5.51.